The van der Waals surface area contributed by atoms with Gasteiger partial charge in [0, 0.05) is 31.5 Å². The Hall–Kier alpha value is -3.15. The van der Waals surface area contributed by atoms with E-state index in [-0.39, 0.29) is 12.0 Å². The number of hydrogen-bond donors (Lipinski definition) is 0. The first-order chi connectivity index (χ1) is 13.2. The van der Waals surface area contributed by atoms with Gasteiger partial charge < -0.3 is 14.4 Å². The van der Waals surface area contributed by atoms with E-state index >= 15 is 0 Å². The van der Waals surface area contributed by atoms with Crippen LogP contribution in [-0.4, -0.2) is 47.1 Å². The number of nitrogens with zero attached hydrogens (tertiary/aromatic N) is 3. The fourth-order valence-corrected chi connectivity index (χ4v) is 3.28. The lowest BCUT2D eigenvalue weighted by molar-refractivity contribution is 0.0587. The predicted molar refractivity (Wildman–Crippen MR) is 102 cm³/mol. The lowest BCUT2D eigenvalue weighted by Gasteiger charge is -2.32. The number of aromatic nitrogens is 2. The first kappa shape index (κ1) is 17.3. The second-order valence-electron chi connectivity index (χ2n) is 6.54. The molecule has 1 amide bonds. The molecule has 0 atom stereocenters. The first-order valence-electron chi connectivity index (χ1n) is 9.05. The molecule has 1 aliphatic rings. The van der Waals surface area contributed by atoms with Gasteiger partial charge in [-0.3, -0.25) is 4.79 Å². The lowest BCUT2D eigenvalue weighted by atomic mass is 10.1. The number of hydrogen-bond acceptors (Lipinski definition) is 5. The van der Waals surface area contributed by atoms with Crippen LogP contribution in [0.2, 0.25) is 0 Å². The van der Waals surface area contributed by atoms with Gasteiger partial charge in [0.25, 0.3) is 5.91 Å². The monoisotopic (exact) mass is 363 g/mol. The second-order valence-corrected chi connectivity index (χ2v) is 6.54. The standard InChI is InChI=1S/C21H21N3O3/c1-26-17-6-4-5-15(13-17)21(25)24-11-9-16(10-12-24)27-20-14-22-18-7-2-3-8-19(18)23-20/h2-8,13-14,16H,9-12H2,1H3. The van der Waals surface area contributed by atoms with Crippen LogP contribution < -0.4 is 9.47 Å². The minimum absolute atomic E-state index is 0.0258. The third kappa shape index (κ3) is 3.84. The van der Waals surface area contributed by atoms with Crippen molar-refractivity contribution in [2.45, 2.75) is 18.9 Å². The van der Waals surface area contributed by atoms with Crippen molar-refractivity contribution in [1.29, 1.82) is 0 Å². The van der Waals surface area contributed by atoms with Crippen LogP contribution >= 0.6 is 0 Å². The van der Waals surface area contributed by atoms with Gasteiger partial charge in [-0.25, -0.2) is 9.97 Å². The zero-order valence-electron chi connectivity index (χ0n) is 15.2. The van der Waals surface area contributed by atoms with Crippen molar-refractivity contribution in [3.05, 3.63) is 60.3 Å². The number of carbonyl (C=O) groups is 1. The molecule has 0 spiro atoms. The summed E-state index contributed by atoms with van der Waals surface area (Å²) < 4.78 is 11.2. The Morgan fingerprint density at radius 1 is 1.07 bits per heavy atom. The van der Waals surface area contributed by atoms with E-state index < -0.39 is 0 Å². The molecule has 0 unspecified atom stereocenters. The molecule has 2 heterocycles. The molecule has 27 heavy (non-hydrogen) atoms. The summed E-state index contributed by atoms with van der Waals surface area (Å²) in [4.78, 5) is 23.4. The number of amides is 1. The Balaban J connectivity index is 1.37. The SMILES string of the molecule is COc1cccc(C(=O)N2CCC(Oc3cnc4ccccc4n3)CC2)c1. The molecule has 3 aromatic rings. The van der Waals surface area contributed by atoms with Crippen molar-refractivity contribution in [1.82, 2.24) is 14.9 Å². The lowest BCUT2D eigenvalue weighted by Crippen LogP contribution is -2.41. The maximum atomic E-state index is 12.7. The van der Waals surface area contributed by atoms with Crippen LogP contribution in [0.25, 0.3) is 11.0 Å². The van der Waals surface area contributed by atoms with E-state index in [0.29, 0.717) is 30.3 Å². The summed E-state index contributed by atoms with van der Waals surface area (Å²) >= 11 is 0. The van der Waals surface area contributed by atoms with Crippen molar-refractivity contribution in [3.8, 4) is 11.6 Å². The van der Waals surface area contributed by atoms with Crippen molar-refractivity contribution in [2.24, 2.45) is 0 Å². The number of ether oxygens (including phenoxy) is 2. The number of para-hydroxylation sites is 2. The van der Waals surface area contributed by atoms with E-state index in [2.05, 4.69) is 9.97 Å². The largest absolute Gasteiger partial charge is 0.497 e. The summed E-state index contributed by atoms with van der Waals surface area (Å²) in [6.07, 6.45) is 3.24. The Morgan fingerprint density at radius 2 is 1.85 bits per heavy atom. The smallest absolute Gasteiger partial charge is 0.253 e. The average molecular weight is 363 g/mol. The molecule has 138 valence electrons. The van der Waals surface area contributed by atoms with Crippen LogP contribution in [-0.2, 0) is 0 Å². The van der Waals surface area contributed by atoms with E-state index in [0.717, 1.165) is 23.9 Å². The number of methoxy groups -OCH3 is 1. The number of likely N-dealkylation sites (tertiary alicyclic amines) is 1. The van der Waals surface area contributed by atoms with Gasteiger partial charge in [-0.2, -0.15) is 0 Å². The van der Waals surface area contributed by atoms with Gasteiger partial charge in [0.1, 0.15) is 11.9 Å². The second kappa shape index (κ2) is 7.61. The summed E-state index contributed by atoms with van der Waals surface area (Å²) in [5, 5.41) is 0. The maximum Gasteiger partial charge on any atom is 0.253 e. The maximum absolute atomic E-state index is 12.7. The highest BCUT2D eigenvalue weighted by molar-refractivity contribution is 5.94. The highest BCUT2D eigenvalue weighted by atomic mass is 16.5. The Kier molecular flexibility index (Phi) is 4.87. The predicted octanol–water partition coefficient (Wildman–Crippen LogP) is 3.32. The van der Waals surface area contributed by atoms with Gasteiger partial charge in [-0.05, 0) is 30.3 Å². The number of rotatable bonds is 4. The third-order valence-corrected chi connectivity index (χ3v) is 4.76. The molecule has 1 aliphatic heterocycles. The fourth-order valence-electron chi connectivity index (χ4n) is 3.28. The summed E-state index contributed by atoms with van der Waals surface area (Å²) in [5.41, 5.74) is 2.32. The van der Waals surface area contributed by atoms with Crippen molar-refractivity contribution >= 4 is 16.9 Å². The van der Waals surface area contributed by atoms with E-state index in [9.17, 15) is 4.79 Å². The summed E-state index contributed by atoms with van der Waals surface area (Å²) in [6, 6.07) is 15.0. The molecular weight excluding hydrogens is 342 g/mol. The highest BCUT2D eigenvalue weighted by Crippen LogP contribution is 2.21. The summed E-state index contributed by atoms with van der Waals surface area (Å²) in [5.74, 6) is 1.25. The van der Waals surface area contributed by atoms with Crippen molar-refractivity contribution in [2.75, 3.05) is 20.2 Å². The van der Waals surface area contributed by atoms with Crippen LogP contribution in [0, 0.1) is 0 Å². The molecule has 2 aromatic carbocycles. The molecule has 1 aromatic heterocycles. The minimum Gasteiger partial charge on any atom is -0.497 e. The van der Waals surface area contributed by atoms with Gasteiger partial charge in [0.2, 0.25) is 5.88 Å². The van der Waals surface area contributed by atoms with Crippen molar-refractivity contribution in [3.63, 3.8) is 0 Å². The number of carbonyl (C=O) groups excluding carboxylic acids is 1. The third-order valence-electron chi connectivity index (χ3n) is 4.76. The van der Waals surface area contributed by atoms with Crippen molar-refractivity contribution < 1.29 is 14.3 Å². The Morgan fingerprint density at radius 3 is 2.63 bits per heavy atom. The van der Waals surface area contributed by atoms with E-state index in [1.54, 1.807) is 19.4 Å². The van der Waals surface area contributed by atoms with Gasteiger partial charge in [-0.15, -0.1) is 0 Å². The van der Waals surface area contributed by atoms with E-state index in [1.807, 2.05) is 47.4 Å². The number of piperidine rings is 1. The summed E-state index contributed by atoms with van der Waals surface area (Å²) in [6.45, 7) is 1.31. The van der Waals surface area contributed by atoms with Crippen LogP contribution in [0.3, 0.4) is 0 Å². The number of fused-ring (bicyclic) bond motifs is 1. The number of benzene rings is 2. The molecule has 6 nitrogen and oxygen atoms in total. The molecule has 0 N–H and O–H groups in total. The topological polar surface area (TPSA) is 64.5 Å². The minimum atomic E-state index is 0.0258. The zero-order valence-corrected chi connectivity index (χ0v) is 15.2. The quantitative estimate of drug-likeness (QED) is 0.711. The first-order valence-corrected chi connectivity index (χ1v) is 9.05. The van der Waals surface area contributed by atoms with Crippen LogP contribution in [0.1, 0.15) is 23.2 Å². The Bertz CT molecular complexity index is 952. The summed E-state index contributed by atoms with van der Waals surface area (Å²) in [7, 11) is 1.60. The van der Waals surface area contributed by atoms with Crippen LogP contribution in [0.4, 0.5) is 0 Å². The van der Waals surface area contributed by atoms with Crippen LogP contribution in [0.5, 0.6) is 11.6 Å². The average Bonchev–Trinajstić information content (AvgIpc) is 2.74. The molecular formula is C21H21N3O3. The molecule has 0 aliphatic carbocycles. The molecule has 0 bridgehead atoms. The molecule has 0 saturated carbocycles. The van der Waals surface area contributed by atoms with Gasteiger partial charge >= 0.3 is 0 Å². The molecule has 4 rings (SSSR count). The zero-order chi connectivity index (χ0) is 18.6. The molecule has 6 heteroatoms. The Labute approximate surface area is 157 Å². The normalized spacial score (nSPS) is 14.9. The fraction of sp³-hybridized carbons (Fsp3) is 0.286. The molecule has 1 fully saturated rings. The van der Waals surface area contributed by atoms with Gasteiger partial charge in [0.15, 0.2) is 0 Å². The van der Waals surface area contributed by atoms with Gasteiger partial charge in [0.05, 0.1) is 24.3 Å². The molecule has 0 radical (unpaired) electrons. The van der Waals surface area contributed by atoms with E-state index in [4.69, 9.17) is 9.47 Å². The highest BCUT2D eigenvalue weighted by Gasteiger charge is 2.25. The van der Waals surface area contributed by atoms with E-state index in [1.165, 1.54) is 0 Å². The molecule has 1 saturated heterocycles. The van der Waals surface area contributed by atoms with Gasteiger partial charge in [-0.1, -0.05) is 18.2 Å². The van der Waals surface area contributed by atoms with Crippen LogP contribution in [0.15, 0.2) is 54.7 Å².